The summed E-state index contributed by atoms with van der Waals surface area (Å²) in [7, 11) is 1.68. The molecule has 10 heteroatoms. The van der Waals surface area contributed by atoms with Crippen LogP contribution in [0, 0.1) is 0 Å². The van der Waals surface area contributed by atoms with Crippen molar-refractivity contribution in [2.24, 2.45) is 0 Å². The number of fused-ring (bicyclic) bond motifs is 1. The smallest absolute Gasteiger partial charge is 0.209 e. The maximum Gasteiger partial charge on any atom is 0.209 e. The van der Waals surface area contributed by atoms with Gasteiger partial charge in [0.15, 0.2) is 5.11 Å². The van der Waals surface area contributed by atoms with Gasteiger partial charge in [0, 0.05) is 58.0 Å². The number of nitrogens with one attached hydrogen (secondary N) is 1. The van der Waals surface area contributed by atoms with Crippen LogP contribution in [0.1, 0.15) is 6.92 Å². The van der Waals surface area contributed by atoms with Gasteiger partial charge in [0.2, 0.25) is 6.41 Å². The van der Waals surface area contributed by atoms with Crippen LogP contribution < -0.4 is 5.32 Å². The van der Waals surface area contributed by atoms with Crippen LogP contribution in [0.3, 0.4) is 0 Å². The number of pyridine rings is 2. The summed E-state index contributed by atoms with van der Waals surface area (Å²) in [6.45, 7) is 5.51. The van der Waals surface area contributed by atoms with E-state index >= 15 is 0 Å². The number of benzene rings is 1. The van der Waals surface area contributed by atoms with Crippen molar-refractivity contribution < 1.29 is 9.53 Å². The lowest BCUT2D eigenvalue weighted by molar-refractivity contribution is -0.119. The molecule has 0 spiro atoms. The zero-order chi connectivity index (χ0) is 26.0. The summed E-state index contributed by atoms with van der Waals surface area (Å²) in [6, 6.07) is 17.2. The molecule has 1 fully saturated rings. The largest absolute Gasteiger partial charge is 0.385 e. The van der Waals surface area contributed by atoms with Crippen LogP contribution in [0.2, 0.25) is 0 Å². The maximum atomic E-state index is 10.9. The summed E-state index contributed by atoms with van der Waals surface area (Å²) in [5, 5.41) is 3.92. The van der Waals surface area contributed by atoms with Crippen LogP contribution >= 0.6 is 12.2 Å². The number of hydrogen-bond donors (Lipinski definition) is 1. The Morgan fingerprint density at radius 3 is 2.05 bits per heavy atom. The van der Waals surface area contributed by atoms with E-state index < -0.39 is 0 Å². The molecule has 1 aliphatic rings. The fraction of sp³-hybridized carbons (Fsp3) is 0.259. The number of aromatic nitrogens is 4. The highest BCUT2D eigenvalue weighted by molar-refractivity contribution is 7.80. The van der Waals surface area contributed by atoms with Crippen molar-refractivity contribution in [3.8, 4) is 22.8 Å². The highest BCUT2D eigenvalue weighted by Crippen LogP contribution is 2.29. The summed E-state index contributed by atoms with van der Waals surface area (Å²) in [6.07, 6.45) is 4.37. The molecule has 1 saturated heterocycles. The Morgan fingerprint density at radius 2 is 1.54 bits per heavy atom. The van der Waals surface area contributed by atoms with E-state index in [1.807, 2.05) is 61.5 Å². The van der Waals surface area contributed by atoms with Gasteiger partial charge in [-0.3, -0.25) is 14.8 Å². The zero-order valence-electron chi connectivity index (χ0n) is 20.9. The SMILES string of the molecule is CCOC.O=CN1CCN(C(=S)Nc2ccc3nc(-c4ccccn4)c(-c4ccccn4)nc3c2)CC1. The number of amides is 1. The summed E-state index contributed by atoms with van der Waals surface area (Å²) < 4.78 is 4.54. The average molecular weight is 516 g/mol. The molecule has 0 bridgehead atoms. The highest BCUT2D eigenvalue weighted by atomic mass is 32.1. The number of carbonyl (C=O) groups is 1. The number of anilines is 1. The van der Waals surface area contributed by atoms with Crippen LogP contribution in [0.4, 0.5) is 5.69 Å². The van der Waals surface area contributed by atoms with E-state index in [1.165, 1.54) is 0 Å². The van der Waals surface area contributed by atoms with Crippen LogP contribution in [0.25, 0.3) is 33.8 Å². The number of hydrogen-bond acceptors (Lipinski definition) is 7. The van der Waals surface area contributed by atoms with E-state index in [-0.39, 0.29) is 0 Å². The fourth-order valence-electron chi connectivity index (χ4n) is 3.73. The Kier molecular flexibility index (Phi) is 9.01. The molecule has 0 unspecified atom stereocenters. The molecule has 1 aliphatic heterocycles. The minimum Gasteiger partial charge on any atom is -0.385 e. The van der Waals surface area contributed by atoms with Crippen molar-refractivity contribution in [3.05, 3.63) is 67.0 Å². The summed E-state index contributed by atoms with van der Waals surface area (Å²) in [5.41, 5.74) is 5.15. The second-order valence-corrected chi connectivity index (χ2v) is 8.58. The molecule has 37 heavy (non-hydrogen) atoms. The number of ether oxygens (including phenoxy) is 1. The number of rotatable bonds is 5. The van der Waals surface area contributed by atoms with Crippen molar-refractivity contribution in [1.29, 1.82) is 0 Å². The lowest BCUT2D eigenvalue weighted by Gasteiger charge is -2.34. The third-order valence-corrected chi connectivity index (χ3v) is 6.13. The van der Waals surface area contributed by atoms with E-state index in [2.05, 4.69) is 24.9 Å². The van der Waals surface area contributed by atoms with Gasteiger partial charge >= 0.3 is 0 Å². The number of methoxy groups -OCH3 is 1. The monoisotopic (exact) mass is 515 g/mol. The molecule has 4 heterocycles. The summed E-state index contributed by atoms with van der Waals surface area (Å²) in [5.74, 6) is 0. The summed E-state index contributed by atoms with van der Waals surface area (Å²) >= 11 is 5.59. The Balaban J connectivity index is 0.000000747. The van der Waals surface area contributed by atoms with Crippen molar-refractivity contribution >= 4 is 40.5 Å². The van der Waals surface area contributed by atoms with E-state index in [0.29, 0.717) is 42.7 Å². The van der Waals surface area contributed by atoms with Crippen LogP contribution in [0.15, 0.2) is 67.0 Å². The van der Waals surface area contributed by atoms with Gasteiger partial charge in [-0.2, -0.15) is 0 Å². The fourth-order valence-corrected chi connectivity index (χ4v) is 4.03. The predicted molar refractivity (Wildman–Crippen MR) is 149 cm³/mol. The second-order valence-electron chi connectivity index (χ2n) is 8.19. The minimum atomic E-state index is 0.628. The first-order valence-electron chi connectivity index (χ1n) is 12.0. The molecule has 3 aromatic heterocycles. The Hall–Kier alpha value is -4.02. The number of piperazine rings is 1. The highest BCUT2D eigenvalue weighted by Gasteiger charge is 2.19. The lowest BCUT2D eigenvalue weighted by atomic mass is 10.1. The average Bonchev–Trinajstić information content (AvgIpc) is 2.97. The molecule has 0 radical (unpaired) electrons. The normalized spacial score (nSPS) is 13.0. The molecule has 1 aromatic carbocycles. The van der Waals surface area contributed by atoms with Gasteiger partial charge in [-0.1, -0.05) is 12.1 Å². The Labute approximate surface area is 221 Å². The maximum absolute atomic E-state index is 10.9. The first kappa shape index (κ1) is 26.1. The van der Waals surface area contributed by atoms with Gasteiger partial charge in [-0.25, -0.2) is 9.97 Å². The van der Waals surface area contributed by atoms with E-state index in [1.54, 1.807) is 24.4 Å². The zero-order valence-corrected chi connectivity index (χ0v) is 21.7. The van der Waals surface area contributed by atoms with Crippen molar-refractivity contribution in [3.63, 3.8) is 0 Å². The van der Waals surface area contributed by atoms with Crippen molar-refractivity contribution in [1.82, 2.24) is 29.7 Å². The van der Waals surface area contributed by atoms with Crippen molar-refractivity contribution in [2.75, 3.05) is 45.2 Å². The molecule has 0 saturated carbocycles. The second kappa shape index (κ2) is 12.8. The van der Waals surface area contributed by atoms with Gasteiger partial charge in [-0.15, -0.1) is 0 Å². The van der Waals surface area contributed by atoms with E-state index in [4.69, 9.17) is 22.2 Å². The van der Waals surface area contributed by atoms with Crippen LogP contribution in [-0.2, 0) is 9.53 Å². The van der Waals surface area contributed by atoms with Crippen LogP contribution in [0.5, 0.6) is 0 Å². The molecule has 5 rings (SSSR count). The first-order valence-corrected chi connectivity index (χ1v) is 12.4. The lowest BCUT2D eigenvalue weighted by Crippen LogP contribution is -2.49. The molecule has 1 amide bonds. The van der Waals surface area contributed by atoms with E-state index in [0.717, 1.165) is 41.1 Å². The quantitative estimate of drug-likeness (QED) is 0.314. The minimum absolute atomic E-state index is 0.628. The molecule has 190 valence electrons. The predicted octanol–water partition coefficient (Wildman–Crippen LogP) is 3.88. The van der Waals surface area contributed by atoms with Crippen LogP contribution in [-0.4, -0.2) is 81.2 Å². The molecule has 0 atom stereocenters. The van der Waals surface area contributed by atoms with Gasteiger partial charge in [0.25, 0.3) is 0 Å². The van der Waals surface area contributed by atoms with Gasteiger partial charge in [0.1, 0.15) is 11.4 Å². The molecule has 0 aliphatic carbocycles. The molecular weight excluding hydrogens is 486 g/mol. The Morgan fingerprint density at radius 1 is 0.946 bits per heavy atom. The van der Waals surface area contributed by atoms with Gasteiger partial charge < -0.3 is 19.9 Å². The third kappa shape index (κ3) is 6.60. The molecule has 1 N–H and O–H groups in total. The molecular formula is C27H29N7O2S. The molecule has 4 aromatic rings. The van der Waals surface area contributed by atoms with Gasteiger partial charge in [0.05, 0.1) is 22.4 Å². The summed E-state index contributed by atoms with van der Waals surface area (Å²) in [4.78, 5) is 33.5. The Bertz CT molecular complexity index is 1330. The third-order valence-electron chi connectivity index (χ3n) is 5.77. The first-order chi connectivity index (χ1) is 18.1. The van der Waals surface area contributed by atoms with Crippen molar-refractivity contribution in [2.45, 2.75) is 6.92 Å². The number of thiocarbonyl (C=S) groups is 1. The number of carbonyl (C=O) groups excluding carboxylic acids is 1. The topological polar surface area (TPSA) is 96.4 Å². The molecule has 9 nitrogen and oxygen atoms in total. The van der Waals surface area contributed by atoms with Gasteiger partial charge in [-0.05, 0) is 61.6 Å². The van der Waals surface area contributed by atoms with E-state index in [9.17, 15) is 4.79 Å². The standard InChI is InChI=1S/C24H21N7OS.C3H8O/c32-16-30-11-13-31(14-12-30)24(33)27-17-7-8-18-21(15-17)29-23(20-6-2-4-10-26-20)22(28-18)19-5-1-3-9-25-19;1-3-4-2/h1-10,15-16H,11-14H2,(H,27,33);3H2,1-2H3. The number of nitrogens with zero attached hydrogens (tertiary/aromatic N) is 6.